The average Bonchev–Trinajstić information content (AvgIpc) is 2.40. The zero-order valence-corrected chi connectivity index (χ0v) is 11.6. The van der Waals surface area contributed by atoms with Gasteiger partial charge >= 0.3 is 0 Å². The van der Waals surface area contributed by atoms with Gasteiger partial charge in [0.2, 0.25) is 0 Å². The van der Waals surface area contributed by atoms with E-state index in [0.717, 1.165) is 18.4 Å². The van der Waals surface area contributed by atoms with E-state index in [4.69, 9.17) is 4.74 Å². The molecule has 0 saturated heterocycles. The molecule has 0 unspecified atom stereocenters. The molecule has 1 aromatic rings. The van der Waals surface area contributed by atoms with E-state index in [-0.39, 0.29) is 0 Å². The second-order valence-electron chi connectivity index (χ2n) is 4.62. The van der Waals surface area contributed by atoms with Crippen molar-refractivity contribution in [3.05, 3.63) is 54.3 Å². The molecule has 0 atom stereocenters. The Kier molecular flexibility index (Phi) is 6.93. The molecule has 98 valence electrons. The van der Waals surface area contributed by atoms with Crippen molar-refractivity contribution in [2.75, 3.05) is 7.11 Å². The third-order valence-corrected chi connectivity index (χ3v) is 3.01. The van der Waals surface area contributed by atoms with Crippen molar-refractivity contribution >= 4 is 5.57 Å². The highest BCUT2D eigenvalue weighted by atomic mass is 16.5. The third kappa shape index (κ3) is 5.22. The summed E-state index contributed by atoms with van der Waals surface area (Å²) >= 11 is 0. The Bertz CT molecular complexity index is 376. The van der Waals surface area contributed by atoms with Crippen molar-refractivity contribution in [3.63, 3.8) is 0 Å². The minimum Gasteiger partial charge on any atom is -0.504 e. The third-order valence-electron chi connectivity index (χ3n) is 3.01. The molecule has 1 heteroatoms. The fourth-order valence-corrected chi connectivity index (χ4v) is 2.01. The number of hydrogen-bond acceptors (Lipinski definition) is 1. The molecule has 0 N–H and O–H groups in total. The number of unbranched alkanes of at least 4 members (excludes halogenated alkanes) is 2. The molecule has 0 fully saturated rings. The zero-order valence-electron chi connectivity index (χ0n) is 11.6. The molecular weight excluding hydrogens is 220 g/mol. The molecule has 18 heavy (non-hydrogen) atoms. The Morgan fingerprint density at radius 1 is 1.22 bits per heavy atom. The summed E-state index contributed by atoms with van der Waals surface area (Å²) in [5, 5.41) is 0. The highest BCUT2D eigenvalue weighted by molar-refractivity contribution is 5.65. The first-order valence-corrected chi connectivity index (χ1v) is 6.71. The normalized spacial score (nSPS) is 11.3. The fraction of sp³-hybridized carbons (Fsp3) is 0.412. The molecule has 0 amide bonds. The highest BCUT2D eigenvalue weighted by Gasteiger charge is 2.03. The van der Waals surface area contributed by atoms with Crippen molar-refractivity contribution in [3.8, 4) is 0 Å². The van der Waals surface area contributed by atoms with E-state index in [1.54, 1.807) is 7.11 Å². The van der Waals surface area contributed by atoms with Crippen molar-refractivity contribution in [1.29, 1.82) is 0 Å². The zero-order chi connectivity index (χ0) is 13.2. The maximum absolute atomic E-state index is 5.17. The van der Waals surface area contributed by atoms with Gasteiger partial charge in [-0.05, 0) is 36.0 Å². The van der Waals surface area contributed by atoms with Gasteiger partial charge < -0.3 is 4.74 Å². The van der Waals surface area contributed by atoms with Crippen LogP contribution in [0.5, 0.6) is 0 Å². The summed E-state index contributed by atoms with van der Waals surface area (Å²) in [5.41, 5.74) is 3.71. The molecule has 0 bridgehead atoms. The van der Waals surface area contributed by atoms with Crippen molar-refractivity contribution in [2.45, 2.75) is 39.0 Å². The molecule has 0 aliphatic carbocycles. The standard InChI is InChI=1S/C17H24O/c1-4-5-7-10-16(14-18-3)13-15(2)17-11-8-6-9-12-17/h6,8-9,11-12,14H,2,4-5,7,10,13H2,1,3H3/b16-14+. The summed E-state index contributed by atoms with van der Waals surface area (Å²) in [4.78, 5) is 0. The van der Waals surface area contributed by atoms with Crippen LogP contribution in [0.3, 0.4) is 0 Å². The van der Waals surface area contributed by atoms with Crippen molar-refractivity contribution in [2.24, 2.45) is 0 Å². The van der Waals surface area contributed by atoms with Crippen molar-refractivity contribution in [1.82, 2.24) is 0 Å². The SMILES string of the molecule is C=C(C/C(=C/OC)CCCCC)c1ccccc1. The van der Waals surface area contributed by atoms with E-state index >= 15 is 0 Å². The quantitative estimate of drug-likeness (QED) is 0.451. The molecule has 1 nitrogen and oxygen atoms in total. The molecule has 0 aromatic heterocycles. The van der Waals surface area contributed by atoms with Gasteiger partial charge in [0.1, 0.15) is 0 Å². The van der Waals surface area contributed by atoms with Crippen LogP contribution in [0.15, 0.2) is 48.7 Å². The van der Waals surface area contributed by atoms with E-state index in [2.05, 4.69) is 37.8 Å². The number of hydrogen-bond donors (Lipinski definition) is 0. The van der Waals surface area contributed by atoms with Gasteiger partial charge in [-0.15, -0.1) is 0 Å². The molecule has 0 saturated carbocycles. The Hall–Kier alpha value is -1.50. The molecule has 1 aromatic carbocycles. The van der Waals surface area contributed by atoms with Crippen LogP contribution >= 0.6 is 0 Å². The van der Waals surface area contributed by atoms with E-state index in [0.29, 0.717) is 0 Å². The Morgan fingerprint density at radius 2 is 1.94 bits per heavy atom. The molecule has 0 radical (unpaired) electrons. The van der Waals surface area contributed by atoms with Crippen molar-refractivity contribution < 1.29 is 4.74 Å². The van der Waals surface area contributed by atoms with Crippen LogP contribution in [0.2, 0.25) is 0 Å². The van der Waals surface area contributed by atoms with E-state index in [1.807, 2.05) is 12.3 Å². The van der Waals surface area contributed by atoms with Crippen LogP contribution in [-0.4, -0.2) is 7.11 Å². The average molecular weight is 244 g/mol. The molecular formula is C17H24O. The summed E-state index contributed by atoms with van der Waals surface area (Å²) in [6.45, 7) is 6.40. The predicted octanol–water partition coefficient (Wildman–Crippen LogP) is 5.20. The lowest BCUT2D eigenvalue weighted by molar-refractivity contribution is 0.331. The maximum atomic E-state index is 5.17. The minimum absolute atomic E-state index is 0.904. The van der Waals surface area contributed by atoms with Gasteiger partial charge in [-0.25, -0.2) is 0 Å². The molecule has 0 aliphatic heterocycles. The van der Waals surface area contributed by atoms with Gasteiger partial charge in [-0.1, -0.05) is 56.7 Å². The lowest BCUT2D eigenvalue weighted by Crippen LogP contribution is -1.90. The van der Waals surface area contributed by atoms with Crippen LogP contribution < -0.4 is 0 Å². The topological polar surface area (TPSA) is 9.23 Å². The number of methoxy groups -OCH3 is 1. The second-order valence-corrected chi connectivity index (χ2v) is 4.62. The molecule has 1 rings (SSSR count). The van der Waals surface area contributed by atoms with Gasteiger partial charge in [0, 0.05) is 0 Å². The summed E-state index contributed by atoms with van der Waals surface area (Å²) in [6.07, 6.45) is 7.64. The van der Waals surface area contributed by atoms with Crippen LogP contribution in [0.4, 0.5) is 0 Å². The number of ether oxygens (including phenoxy) is 1. The van der Waals surface area contributed by atoms with Gasteiger partial charge in [-0.3, -0.25) is 0 Å². The smallest absolute Gasteiger partial charge is 0.0819 e. The van der Waals surface area contributed by atoms with Crippen LogP contribution in [-0.2, 0) is 4.74 Å². The second kappa shape index (κ2) is 8.57. The Morgan fingerprint density at radius 3 is 2.56 bits per heavy atom. The Balaban J connectivity index is 2.56. The predicted molar refractivity (Wildman–Crippen MR) is 79.3 cm³/mol. The van der Waals surface area contributed by atoms with Crippen LogP contribution in [0.1, 0.15) is 44.6 Å². The Labute approximate surface area is 111 Å². The van der Waals surface area contributed by atoms with Crippen LogP contribution in [0, 0.1) is 0 Å². The summed E-state index contributed by atoms with van der Waals surface area (Å²) in [6, 6.07) is 10.4. The first-order valence-electron chi connectivity index (χ1n) is 6.71. The van der Waals surface area contributed by atoms with E-state index in [9.17, 15) is 0 Å². The van der Waals surface area contributed by atoms with E-state index < -0.39 is 0 Å². The molecule has 0 aliphatic rings. The summed E-state index contributed by atoms with van der Waals surface area (Å²) in [7, 11) is 1.71. The monoisotopic (exact) mass is 244 g/mol. The maximum Gasteiger partial charge on any atom is 0.0819 e. The molecule has 0 spiro atoms. The van der Waals surface area contributed by atoms with Gasteiger partial charge in [0.05, 0.1) is 13.4 Å². The van der Waals surface area contributed by atoms with Gasteiger partial charge in [-0.2, -0.15) is 0 Å². The first kappa shape index (κ1) is 14.6. The summed E-state index contributed by atoms with van der Waals surface area (Å²) in [5.74, 6) is 0. The number of allylic oxidation sites excluding steroid dienone is 2. The van der Waals surface area contributed by atoms with Gasteiger partial charge in [0.15, 0.2) is 0 Å². The number of benzene rings is 1. The summed E-state index contributed by atoms with van der Waals surface area (Å²) < 4.78 is 5.17. The lowest BCUT2D eigenvalue weighted by Gasteiger charge is -2.10. The minimum atomic E-state index is 0.904. The number of rotatable bonds is 8. The highest BCUT2D eigenvalue weighted by Crippen LogP contribution is 2.23. The molecule has 0 heterocycles. The van der Waals surface area contributed by atoms with Crippen LogP contribution in [0.25, 0.3) is 5.57 Å². The lowest BCUT2D eigenvalue weighted by atomic mass is 9.97. The fourth-order valence-electron chi connectivity index (χ4n) is 2.01. The first-order chi connectivity index (χ1) is 8.77. The van der Waals surface area contributed by atoms with Gasteiger partial charge in [0.25, 0.3) is 0 Å². The largest absolute Gasteiger partial charge is 0.504 e. The van der Waals surface area contributed by atoms with E-state index in [1.165, 1.54) is 30.4 Å².